The lowest BCUT2D eigenvalue weighted by Gasteiger charge is -2.34. The van der Waals surface area contributed by atoms with Gasteiger partial charge < -0.3 is 9.80 Å². The van der Waals surface area contributed by atoms with Crippen molar-refractivity contribution >= 4 is 44.2 Å². The van der Waals surface area contributed by atoms with E-state index in [0.29, 0.717) is 6.42 Å². The largest absolute Gasteiger partial charge is 0.345 e. The summed E-state index contributed by atoms with van der Waals surface area (Å²) in [6, 6.07) is 8.27. The molecule has 4 nitrogen and oxygen atoms in total. The molecule has 1 aliphatic heterocycles. The Kier molecular flexibility index (Phi) is 5.54. The number of carbonyl (C=O) groups excluding carboxylic acids is 1. The summed E-state index contributed by atoms with van der Waals surface area (Å²) in [5.41, 5.74) is 6.95. The molecule has 1 aromatic heterocycles. The molecule has 0 N–H and O–H groups in total. The third kappa shape index (κ3) is 3.99. The van der Waals surface area contributed by atoms with Crippen molar-refractivity contribution in [2.24, 2.45) is 0 Å². The minimum atomic E-state index is 0.211. The minimum Gasteiger partial charge on any atom is -0.345 e. The highest BCUT2D eigenvalue weighted by Gasteiger charge is 2.24. The van der Waals surface area contributed by atoms with Crippen LogP contribution in [0.5, 0.6) is 0 Å². The molecule has 0 saturated carbocycles. The van der Waals surface area contributed by atoms with Gasteiger partial charge in [-0.3, -0.25) is 4.79 Å². The highest BCUT2D eigenvalue weighted by molar-refractivity contribution is 7.22. The molecule has 152 valence electrons. The summed E-state index contributed by atoms with van der Waals surface area (Å²) >= 11 is 8.00. The van der Waals surface area contributed by atoms with Gasteiger partial charge in [0, 0.05) is 26.2 Å². The molecule has 1 fully saturated rings. The number of rotatable bonds is 3. The number of benzene rings is 2. The summed E-state index contributed by atoms with van der Waals surface area (Å²) in [5.74, 6) is 0.211. The van der Waals surface area contributed by atoms with E-state index in [1.54, 1.807) is 11.3 Å². The predicted octanol–water partition coefficient (Wildman–Crippen LogP) is 5.07. The molecule has 1 aliphatic rings. The Morgan fingerprint density at radius 3 is 2.31 bits per heavy atom. The number of halogens is 1. The van der Waals surface area contributed by atoms with Gasteiger partial charge in [0.2, 0.25) is 5.91 Å². The van der Waals surface area contributed by atoms with Crippen LogP contribution in [0.1, 0.15) is 27.8 Å². The Morgan fingerprint density at radius 1 is 1.03 bits per heavy atom. The monoisotopic (exact) mass is 427 g/mol. The second-order valence-corrected chi connectivity index (χ2v) is 9.35. The standard InChI is InChI=1S/C23H26ClN3OS/c1-14-11-16(3)18(17(4)12-14)13-20(28)26-7-9-27(10-8-26)23-25-21-15(2)5-6-19(24)22(21)29-23/h5-6,11-12H,7-10,13H2,1-4H3. The van der Waals surface area contributed by atoms with E-state index in [0.717, 1.165) is 52.1 Å². The van der Waals surface area contributed by atoms with Crippen LogP contribution in [-0.4, -0.2) is 42.0 Å². The maximum atomic E-state index is 12.9. The average Bonchev–Trinajstić information content (AvgIpc) is 3.14. The predicted molar refractivity (Wildman–Crippen MR) is 123 cm³/mol. The van der Waals surface area contributed by atoms with E-state index in [1.165, 1.54) is 22.3 Å². The molecular formula is C23H26ClN3OS. The van der Waals surface area contributed by atoms with E-state index >= 15 is 0 Å². The van der Waals surface area contributed by atoms with E-state index < -0.39 is 0 Å². The normalized spacial score (nSPS) is 14.7. The maximum Gasteiger partial charge on any atom is 0.227 e. The van der Waals surface area contributed by atoms with E-state index in [4.69, 9.17) is 16.6 Å². The fraction of sp³-hybridized carbons (Fsp3) is 0.391. The molecular weight excluding hydrogens is 402 g/mol. The van der Waals surface area contributed by atoms with Crippen LogP contribution in [-0.2, 0) is 11.2 Å². The Hall–Kier alpha value is -2.11. The van der Waals surface area contributed by atoms with Crippen LogP contribution in [0.15, 0.2) is 24.3 Å². The first-order chi connectivity index (χ1) is 13.8. The van der Waals surface area contributed by atoms with Crippen LogP contribution in [0.25, 0.3) is 10.2 Å². The number of hydrogen-bond donors (Lipinski definition) is 0. The molecule has 0 radical (unpaired) electrons. The lowest BCUT2D eigenvalue weighted by Crippen LogP contribution is -2.49. The van der Waals surface area contributed by atoms with Crippen LogP contribution >= 0.6 is 22.9 Å². The molecule has 0 aliphatic carbocycles. The van der Waals surface area contributed by atoms with Gasteiger partial charge in [0.05, 0.1) is 21.7 Å². The van der Waals surface area contributed by atoms with Gasteiger partial charge in [-0.15, -0.1) is 0 Å². The number of hydrogen-bond acceptors (Lipinski definition) is 4. The fourth-order valence-electron chi connectivity index (χ4n) is 4.12. The number of nitrogens with zero attached hydrogens (tertiary/aromatic N) is 3. The summed E-state index contributed by atoms with van der Waals surface area (Å²) in [7, 11) is 0. The molecule has 2 heterocycles. The van der Waals surface area contributed by atoms with E-state index in [-0.39, 0.29) is 5.91 Å². The number of anilines is 1. The number of aryl methyl sites for hydroxylation is 4. The van der Waals surface area contributed by atoms with Crippen LogP contribution in [0.4, 0.5) is 5.13 Å². The summed E-state index contributed by atoms with van der Waals surface area (Å²) in [6.07, 6.45) is 0.480. The number of carbonyl (C=O) groups is 1. The van der Waals surface area contributed by atoms with Gasteiger partial charge in [-0.25, -0.2) is 4.98 Å². The van der Waals surface area contributed by atoms with Gasteiger partial charge in [-0.05, 0) is 56.0 Å². The molecule has 1 saturated heterocycles. The van der Waals surface area contributed by atoms with Crippen LogP contribution in [0.3, 0.4) is 0 Å². The number of amides is 1. The number of piperazine rings is 1. The second-order valence-electron chi connectivity index (χ2n) is 7.96. The highest BCUT2D eigenvalue weighted by atomic mass is 35.5. The third-order valence-electron chi connectivity index (χ3n) is 5.76. The quantitative estimate of drug-likeness (QED) is 0.585. The SMILES string of the molecule is Cc1cc(C)c(CC(=O)N2CCN(c3nc4c(C)ccc(Cl)c4s3)CC2)c(C)c1. The summed E-state index contributed by atoms with van der Waals surface area (Å²) < 4.78 is 1.05. The zero-order valence-corrected chi connectivity index (χ0v) is 19.0. The van der Waals surface area contributed by atoms with Crippen molar-refractivity contribution in [1.29, 1.82) is 0 Å². The van der Waals surface area contributed by atoms with Crippen LogP contribution < -0.4 is 4.90 Å². The van der Waals surface area contributed by atoms with Crippen molar-refractivity contribution in [1.82, 2.24) is 9.88 Å². The van der Waals surface area contributed by atoms with Crippen LogP contribution in [0.2, 0.25) is 5.02 Å². The molecule has 0 unspecified atom stereocenters. The second kappa shape index (κ2) is 7.96. The van der Waals surface area contributed by atoms with Gasteiger partial charge in [-0.2, -0.15) is 0 Å². The Bertz CT molecular complexity index is 1020. The van der Waals surface area contributed by atoms with E-state index in [2.05, 4.69) is 44.7 Å². The first-order valence-electron chi connectivity index (χ1n) is 9.98. The number of fused-ring (bicyclic) bond motifs is 1. The summed E-state index contributed by atoms with van der Waals surface area (Å²) in [6.45, 7) is 11.4. The van der Waals surface area contributed by atoms with Crippen molar-refractivity contribution in [3.8, 4) is 0 Å². The average molecular weight is 428 g/mol. The Morgan fingerprint density at radius 2 is 1.69 bits per heavy atom. The maximum absolute atomic E-state index is 12.9. The summed E-state index contributed by atoms with van der Waals surface area (Å²) in [4.78, 5) is 22.0. The fourth-order valence-corrected chi connectivity index (χ4v) is 5.49. The zero-order chi connectivity index (χ0) is 20.7. The molecule has 1 amide bonds. The van der Waals surface area contributed by atoms with E-state index in [9.17, 15) is 4.79 Å². The van der Waals surface area contributed by atoms with Gasteiger partial charge in [0.1, 0.15) is 0 Å². The molecule has 3 aromatic rings. The van der Waals surface area contributed by atoms with Gasteiger partial charge >= 0.3 is 0 Å². The van der Waals surface area contributed by atoms with Gasteiger partial charge in [0.15, 0.2) is 5.13 Å². The molecule has 0 spiro atoms. The lowest BCUT2D eigenvalue weighted by molar-refractivity contribution is -0.130. The van der Waals surface area contributed by atoms with Gasteiger partial charge in [0.25, 0.3) is 0 Å². The lowest BCUT2D eigenvalue weighted by atomic mass is 9.97. The van der Waals surface area contributed by atoms with Crippen LogP contribution in [0, 0.1) is 27.7 Å². The Balaban J connectivity index is 1.44. The summed E-state index contributed by atoms with van der Waals surface area (Å²) in [5, 5.41) is 1.75. The Labute approximate surface area is 181 Å². The van der Waals surface area contributed by atoms with Crippen molar-refractivity contribution in [2.75, 3.05) is 31.1 Å². The third-order valence-corrected chi connectivity index (χ3v) is 7.33. The molecule has 2 aromatic carbocycles. The molecule has 6 heteroatoms. The first kappa shape index (κ1) is 20.2. The van der Waals surface area contributed by atoms with Crippen molar-refractivity contribution in [3.05, 3.63) is 57.1 Å². The zero-order valence-electron chi connectivity index (χ0n) is 17.4. The smallest absolute Gasteiger partial charge is 0.227 e. The van der Waals surface area contributed by atoms with Crippen molar-refractivity contribution in [2.45, 2.75) is 34.1 Å². The molecule has 0 bridgehead atoms. The van der Waals surface area contributed by atoms with Crippen molar-refractivity contribution < 1.29 is 4.79 Å². The minimum absolute atomic E-state index is 0.211. The highest BCUT2D eigenvalue weighted by Crippen LogP contribution is 2.35. The van der Waals surface area contributed by atoms with E-state index in [1.807, 2.05) is 17.0 Å². The van der Waals surface area contributed by atoms with Crippen molar-refractivity contribution in [3.63, 3.8) is 0 Å². The number of aromatic nitrogens is 1. The molecule has 4 rings (SSSR count). The molecule has 0 atom stereocenters. The molecule has 29 heavy (non-hydrogen) atoms. The number of thiazole rings is 1. The topological polar surface area (TPSA) is 36.4 Å². The van der Waals surface area contributed by atoms with Gasteiger partial charge in [-0.1, -0.05) is 46.7 Å². The first-order valence-corrected chi connectivity index (χ1v) is 11.2.